The van der Waals surface area contributed by atoms with Gasteiger partial charge in [-0.3, -0.25) is 0 Å². The molecular weight excluding hydrogens is 390 g/mol. The second-order valence-electron chi connectivity index (χ2n) is 6.26. The second-order valence-corrected chi connectivity index (χ2v) is 7.17. The summed E-state index contributed by atoms with van der Waals surface area (Å²) in [6.45, 7) is 2.09. The van der Waals surface area contributed by atoms with E-state index in [1.54, 1.807) is 24.3 Å². The van der Waals surface area contributed by atoms with E-state index in [-0.39, 0.29) is 11.7 Å². The van der Waals surface area contributed by atoms with Gasteiger partial charge in [0.1, 0.15) is 5.75 Å². The van der Waals surface area contributed by atoms with Gasteiger partial charge in [-0.2, -0.15) is 0 Å². The molecule has 0 aliphatic heterocycles. The molecule has 0 saturated heterocycles. The maximum absolute atomic E-state index is 9.62. The van der Waals surface area contributed by atoms with Crippen LogP contribution in [0.5, 0.6) is 5.75 Å². The van der Waals surface area contributed by atoms with Gasteiger partial charge in [-0.1, -0.05) is 57.5 Å². The number of hydrogen-bond acceptors (Lipinski definition) is 3. The van der Waals surface area contributed by atoms with Gasteiger partial charge in [0.05, 0.1) is 5.71 Å². The molecule has 0 spiro atoms. The number of halogens is 1. The Kier molecular flexibility index (Phi) is 5.74. The fraction of sp³-hybridized carbons (Fsp3) is 0.136. The van der Waals surface area contributed by atoms with E-state index in [9.17, 15) is 10.3 Å². The molecule has 132 valence electrons. The van der Waals surface area contributed by atoms with Crippen molar-refractivity contribution >= 4 is 21.6 Å². The predicted octanol–water partition coefficient (Wildman–Crippen LogP) is 5.86. The molecule has 3 rings (SSSR count). The van der Waals surface area contributed by atoms with Crippen LogP contribution in [-0.4, -0.2) is 16.0 Å². The SMILES string of the molecule is Cc1ccccc1C(CC(=NO)c1ccc(O)cc1)c1ccc(Br)cc1. The quantitative estimate of drug-likeness (QED) is 0.314. The van der Waals surface area contributed by atoms with Crippen molar-refractivity contribution in [2.75, 3.05) is 0 Å². The monoisotopic (exact) mass is 409 g/mol. The third kappa shape index (κ3) is 4.14. The largest absolute Gasteiger partial charge is 0.508 e. The Morgan fingerprint density at radius 2 is 1.62 bits per heavy atom. The molecule has 0 saturated carbocycles. The molecule has 0 radical (unpaired) electrons. The van der Waals surface area contributed by atoms with Crippen molar-refractivity contribution in [2.45, 2.75) is 19.3 Å². The van der Waals surface area contributed by atoms with Crippen LogP contribution in [-0.2, 0) is 0 Å². The van der Waals surface area contributed by atoms with Crippen LogP contribution in [0.3, 0.4) is 0 Å². The number of phenolic OH excluding ortho intramolecular Hbond substituents is 1. The fourth-order valence-electron chi connectivity index (χ4n) is 3.14. The van der Waals surface area contributed by atoms with E-state index in [0.717, 1.165) is 15.6 Å². The van der Waals surface area contributed by atoms with Crippen LogP contribution in [0.1, 0.15) is 34.6 Å². The van der Waals surface area contributed by atoms with E-state index in [4.69, 9.17) is 0 Å². The van der Waals surface area contributed by atoms with Crippen molar-refractivity contribution < 1.29 is 10.3 Å². The van der Waals surface area contributed by atoms with Crippen molar-refractivity contribution in [3.63, 3.8) is 0 Å². The van der Waals surface area contributed by atoms with Gasteiger partial charge in [0.25, 0.3) is 0 Å². The van der Waals surface area contributed by atoms with E-state index in [1.165, 1.54) is 11.1 Å². The first-order valence-electron chi connectivity index (χ1n) is 8.40. The highest BCUT2D eigenvalue weighted by Gasteiger charge is 2.20. The van der Waals surface area contributed by atoms with Crippen LogP contribution >= 0.6 is 15.9 Å². The number of hydrogen-bond donors (Lipinski definition) is 2. The minimum atomic E-state index is 0.0593. The summed E-state index contributed by atoms with van der Waals surface area (Å²) < 4.78 is 1.03. The Hall–Kier alpha value is -2.59. The van der Waals surface area contributed by atoms with Gasteiger partial charge in [0.15, 0.2) is 0 Å². The Labute approximate surface area is 161 Å². The minimum Gasteiger partial charge on any atom is -0.508 e. The summed E-state index contributed by atoms with van der Waals surface area (Å²) in [6.07, 6.45) is 0.549. The summed E-state index contributed by atoms with van der Waals surface area (Å²) in [4.78, 5) is 0. The molecule has 26 heavy (non-hydrogen) atoms. The number of benzene rings is 3. The molecule has 3 aromatic carbocycles. The lowest BCUT2D eigenvalue weighted by molar-refractivity contribution is 0.317. The number of nitrogens with zero attached hydrogens (tertiary/aromatic N) is 1. The number of aryl methyl sites for hydroxylation is 1. The summed E-state index contributed by atoms with van der Waals surface area (Å²) >= 11 is 3.49. The summed E-state index contributed by atoms with van der Waals surface area (Å²) in [6, 6.07) is 23.2. The number of rotatable bonds is 5. The first-order valence-corrected chi connectivity index (χ1v) is 9.19. The third-order valence-electron chi connectivity index (χ3n) is 4.55. The first kappa shape index (κ1) is 18.2. The zero-order chi connectivity index (χ0) is 18.5. The molecule has 3 nitrogen and oxygen atoms in total. The summed E-state index contributed by atoms with van der Waals surface area (Å²) in [5.41, 5.74) is 4.93. The maximum atomic E-state index is 9.62. The lowest BCUT2D eigenvalue weighted by atomic mass is 9.83. The molecule has 0 fully saturated rings. The van der Waals surface area contributed by atoms with Crippen molar-refractivity contribution in [2.24, 2.45) is 5.16 Å². The molecule has 0 aliphatic carbocycles. The molecule has 0 aromatic heterocycles. The third-order valence-corrected chi connectivity index (χ3v) is 5.08. The maximum Gasteiger partial charge on any atom is 0.115 e. The molecule has 0 bridgehead atoms. The molecule has 4 heteroatoms. The fourth-order valence-corrected chi connectivity index (χ4v) is 3.41. The summed E-state index contributed by atoms with van der Waals surface area (Å²) in [7, 11) is 0. The summed E-state index contributed by atoms with van der Waals surface area (Å²) in [5.74, 6) is 0.249. The Morgan fingerprint density at radius 1 is 0.962 bits per heavy atom. The number of phenols is 1. The lowest BCUT2D eigenvalue weighted by Gasteiger charge is -2.21. The molecule has 1 atom stereocenters. The van der Waals surface area contributed by atoms with Gasteiger partial charge in [-0.15, -0.1) is 0 Å². The van der Waals surface area contributed by atoms with Gasteiger partial charge in [-0.05, 0) is 65.6 Å². The average Bonchev–Trinajstić information content (AvgIpc) is 2.66. The lowest BCUT2D eigenvalue weighted by Crippen LogP contribution is -2.11. The van der Waals surface area contributed by atoms with E-state index >= 15 is 0 Å². The van der Waals surface area contributed by atoms with Crippen LogP contribution in [0.25, 0.3) is 0 Å². The van der Waals surface area contributed by atoms with Gasteiger partial charge in [0, 0.05) is 16.8 Å². The standard InChI is InChI=1S/C22H20BrNO2/c1-15-4-2-3-5-20(15)21(16-6-10-18(23)11-7-16)14-22(24-26)17-8-12-19(25)13-9-17/h2-13,21,25-26H,14H2,1H3. The van der Waals surface area contributed by atoms with Crippen molar-refractivity contribution in [1.29, 1.82) is 0 Å². The van der Waals surface area contributed by atoms with Gasteiger partial charge in [0.2, 0.25) is 0 Å². The topological polar surface area (TPSA) is 52.8 Å². The van der Waals surface area contributed by atoms with Gasteiger partial charge in [-0.25, -0.2) is 0 Å². The highest BCUT2D eigenvalue weighted by Crippen LogP contribution is 2.32. The van der Waals surface area contributed by atoms with E-state index in [2.05, 4.69) is 52.3 Å². The Morgan fingerprint density at radius 3 is 2.23 bits per heavy atom. The van der Waals surface area contributed by atoms with Crippen molar-refractivity contribution in [1.82, 2.24) is 0 Å². The molecule has 3 aromatic rings. The van der Waals surface area contributed by atoms with Crippen molar-refractivity contribution in [3.05, 3.63) is 99.5 Å². The normalized spacial score (nSPS) is 12.8. The average molecular weight is 410 g/mol. The van der Waals surface area contributed by atoms with E-state index < -0.39 is 0 Å². The number of oxime groups is 1. The zero-order valence-corrected chi connectivity index (χ0v) is 16.0. The van der Waals surface area contributed by atoms with E-state index in [1.807, 2.05) is 24.3 Å². The summed E-state index contributed by atoms with van der Waals surface area (Å²) in [5, 5.41) is 22.7. The smallest absolute Gasteiger partial charge is 0.115 e. The van der Waals surface area contributed by atoms with E-state index in [0.29, 0.717) is 12.1 Å². The zero-order valence-electron chi connectivity index (χ0n) is 14.4. The van der Waals surface area contributed by atoms with Gasteiger partial charge < -0.3 is 10.3 Å². The van der Waals surface area contributed by atoms with Crippen molar-refractivity contribution in [3.8, 4) is 5.75 Å². The molecule has 1 unspecified atom stereocenters. The van der Waals surface area contributed by atoms with Crippen LogP contribution in [0.4, 0.5) is 0 Å². The Balaban J connectivity index is 2.01. The molecule has 0 heterocycles. The second kappa shape index (κ2) is 8.19. The Bertz CT molecular complexity index is 902. The first-order chi connectivity index (χ1) is 12.6. The van der Waals surface area contributed by atoms with Gasteiger partial charge >= 0.3 is 0 Å². The predicted molar refractivity (Wildman–Crippen MR) is 108 cm³/mol. The molecule has 0 amide bonds. The molecule has 2 N–H and O–H groups in total. The van der Waals surface area contributed by atoms with Crippen LogP contribution in [0, 0.1) is 6.92 Å². The highest BCUT2D eigenvalue weighted by molar-refractivity contribution is 9.10. The number of aromatic hydroxyl groups is 1. The minimum absolute atomic E-state index is 0.0593. The van der Waals surface area contributed by atoms with Crippen LogP contribution in [0.15, 0.2) is 82.4 Å². The molecule has 0 aliphatic rings. The van der Waals surface area contributed by atoms with Crippen LogP contribution in [0.2, 0.25) is 0 Å². The molecular formula is C22H20BrNO2. The highest BCUT2D eigenvalue weighted by atomic mass is 79.9. The van der Waals surface area contributed by atoms with Crippen LogP contribution < -0.4 is 0 Å².